The highest BCUT2D eigenvalue weighted by Crippen LogP contribution is 2.67. The van der Waals surface area contributed by atoms with E-state index in [4.69, 9.17) is 0 Å². The Kier molecular flexibility index (Phi) is 9.46. The first-order valence-electron chi connectivity index (χ1n) is 15.8. The van der Waals surface area contributed by atoms with Crippen molar-refractivity contribution >= 4 is 18.2 Å². The zero-order valence-electron chi connectivity index (χ0n) is 24.5. The van der Waals surface area contributed by atoms with Gasteiger partial charge in [-0.1, -0.05) is 58.6 Å². The zero-order valence-corrected chi connectivity index (χ0v) is 24.5. The summed E-state index contributed by atoms with van der Waals surface area (Å²) in [6.45, 7) is 9.97. The molecule has 0 spiro atoms. The number of allylic oxidation sites excluding steroid dienone is 2. The second kappa shape index (κ2) is 12.3. The highest BCUT2D eigenvalue weighted by atomic mass is 16.4. The van der Waals surface area contributed by atoms with Crippen molar-refractivity contribution in [2.75, 3.05) is 6.54 Å². The van der Waals surface area contributed by atoms with E-state index >= 15 is 0 Å². The van der Waals surface area contributed by atoms with Crippen LogP contribution >= 0.6 is 0 Å². The first-order valence-corrected chi connectivity index (χ1v) is 15.8. The predicted molar refractivity (Wildman–Crippen MR) is 151 cm³/mol. The number of hydrogen-bond acceptors (Lipinski definition) is 3. The average Bonchev–Trinajstić information content (AvgIpc) is 3.25. The number of carboxylic acid groups (broad SMARTS) is 1. The fraction of sp³-hybridized carbons (Fsp3) is 0.848. The maximum atomic E-state index is 12.9. The van der Waals surface area contributed by atoms with Gasteiger partial charge in [0.1, 0.15) is 11.7 Å². The van der Waals surface area contributed by atoms with Crippen molar-refractivity contribution in [3.05, 3.63) is 11.6 Å². The van der Waals surface area contributed by atoms with Crippen molar-refractivity contribution in [1.82, 2.24) is 5.32 Å². The highest BCUT2D eigenvalue weighted by Gasteiger charge is 2.58. The van der Waals surface area contributed by atoms with Crippen LogP contribution in [0.2, 0.25) is 0 Å². The summed E-state index contributed by atoms with van der Waals surface area (Å²) < 4.78 is 0. The fourth-order valence-corrected chi connectivity index (χ4v) is 9.96. The van der Waals surface area contributed by atoms with Crippen LogP contribution in [0.4, 0.5) is 0 Å². The molecule has 1 amide bonds. The Morgan fingerprint density at radius 1 is 1.05 bits per heavy atom. The van der Waals surface area contributed by atoms with Gasteiger partial charge in [0, 0.05) is 12.5 Å². The fourth-order valence-electron chi connectivity index (χ4n) is 9.96. The van der Waals surface area contributed by atoms with Gasteiger partial charge < -0.3 is 10.4 Å². The summed E-state index contributed by atoms with van der Waals surface area (Å²) in [7, 11) is 0. The minimum Gasteiger partial charge on any atom is -0.481 e. The van der Waals surface area contributed by atoms with E-state index in [0.29, 0.717) is 36.1 Å². The zero-order chi connectivity index (χ0) is 27.5. The molecular formula is C33H53NO4. The Morgan fingerprint density at radius 2 is 1.84 bits per heavy atom. The number of nitrogens with one attached hydrogen (secondary N) is 1. The van der Waals surface area contributed by atoms with Crippen molar-refractivity contribution in [1.29, 1.82) is 0 Å². The average molecular weight is 528 g/mol. The molecule has 0 aromatic carbocycles. The summed E-state index contributed by atoms with van der Waals surface area (Å²) in [5.41, 5.74) is 2.71. The Bertz CT molecular complexity index is 897. The SMILES string of the molecule is CC(CCC[C@@H](C)[C@H]1CCC2C3CC=C4CCCC[C@]4(C)C3CC[C@@]21C)C(=O)C(CCCNC=O)C(=O)O. The number of carbonyl (C=O) groups is 3. The molecule has 5 unspecified atom stereocenters. The molecule has 0 saturated heterocycles. The third kappa shape index (κ3) is 5.63. The molecule has 4 aliphatic carbocycles. The quantitative estimate of drug-likeness (QED) is 0.115. The Balaban J connectivity index is 1.30. The van der Waals surface area contributed by atoms with E-state index in [2.05, 4.69) is 32.2 Å². The summed E-state index contributed by atoms with van der Waals surface area (Å²) in [6, 6.07) is 0. The molecule has 4 aliphatic rings. The lowest BCUT2D eigenvalue weighted by Gasteiger charge is -2.58. The summed E-state index contributed by atoms with van der Waals surface area (Å²) in [6.07, 6.45) is 19.3. The lowest BCUT2D eigenvalue weighted by molar-refractivity contribution is -0.147. The van der Waals surface area contributed by atoms with Crippen molar-refractivity contribution in [2.45, 2.75) is 118 Å². The predicted octanol–water partition coefficient (Wildman–Crippen LogP) is 7.19. The lowest BCUT2D eigenvalue weighted by Crippen LogP contribution is -2.50. The van der Waals surface area contributed by atoms with Gasteiger partial charge in [-0.25, -0.2) is 0 Å². The van der Waals surface area contributed by atoms with E-state index < -0.39 is 11.9 Å². The third-order valence-corrected chi connectivity index (χ3v) is 12.1. The van der Waals surface area contributed by atoms with Gasteiger partial charge in [-0.05, 0) is 111 Å². The second-order valence-electron chi connectivity index (χ2n) is 14.0. The molecule has 3 saturated carbocycles. The number of aliphatic carboxylic acids is 1. The van der Waals surface area contributed by atoms with Crippen LogP contribution in [0.15, 0.2) is 11.6 Å². The van der Waals surface area contributed by atoms with Crippen LogP contribution in [-0.2, 0) is 14.4 Å². The molecule has 0 heterocycles. The van der Waals surface area contributed by atoms with Gasteiger partial charge in [0.25, 0.3) is 0 Å². The van der Waals surface area contributed by atoms with Crippen LogP contribution in [0.5, 0.6) is 0 Å². The molecule has 0 aliphatic heterocycles. The first kappa shape index (κ1) is 29.3. The van der Waals surface area contributed by atoms with Crippen LogP contribution in [-0.4, -0.2) is 29.8 Å². The van der Waals surface area contributed by atoms with E-state index in [9.17, 15) is 19.5 Å². The van der Waals surface area contributed by atoms with Gasteiger partial charge in [0.2, 0.25) is 6.41 Å². The molecule has 214 valence electrons. The van der Waals surface area contributed by atoms with E-state index in [1.807, 2.05) is 6.92 Å². The monoisotopic (exact) mass is 527 g/mol. The minimum absolute atomic E-state index is 0.150. The summed E-state index contributed by atoms with van der Waals surface area (Å²) in [5, 5.41) is 12.1. The van der Waals surface area contributed by atoms with Gasteiger partial charge in [0.15, 0.2) is 0 Å². The van der Waals surface area contributed by atoms with Gasteiger partial charge >= 0.3 is 5.97 Å². The van der Waals surface area contributed by atoms with E-state index in [1.165, 1.54) is 57.8 Å². The maximum absolute atomic E-state index is 12.9. The van der Waals surface area contributed by atoms with Gasteiger partial charge in [-0.15, -0.1) is 0 Å². The van der Waals surface area contributed by atoms with Crippen molar-refractivity contribution in [3.63, 3.8) is 0 Å². The molecule has 5 nitrogen and oxygen atoms in total. The molecule has 4 rings (SSSR count). The minimum atomic E-state index is -1.03. The maximum Gasteiger partial charge on any atom is 0.314 e. The topological polar surface area (TPSA) is 83.5 Å². The van der Waals surface area contributed by atoms with E-state index in [0.717, 1.165) is 42.9 Å². The molecule has 9 atom stereocenters. The molecular weight excluding hydrogens is 474 g/mol. The molecule has 0 bridgehead atoms. The normalized spacial score (nSPS) is 36.6. The third-order valence-electron chi connectivity index (χ3n) is 12.1. The van der Waals surface area contributed by atoms with Crippen molar-refractivity contribution in [3.8, 4) is 0 Å². The number of carbonyl (C=O) groups excluding carboxylic acids is 2. The molecule has 0 aromatic heterocycles. The van der Waals surface area contributed by atoms with Gasteiger partial charge in [-0.3, -0.25) is 14.4 Å². The molecule has 5 heteroatoms. The van der Waals surface area contributed by atoms with E-state index in [1.54, 1.807) is 5.57 Å². The summed E-state index contributed by atoms with van der Waals surface area (Å²) in [4.78, 5) is 35.0. The number of ketones is 1. The smallest absolute Gasteiger partial charge is 0.314 e. The van der Waals surface area contributed by atoms with E-state index in [-0.39, 0.29) is 18.1 Å². The number of fused-ring (bicyclic) bond motifs is 5. The first-order chi connectivity index (χ1) is 18.1. The summed E-state index contributed by atoms with van der Waals surface area (Å²) >= 11 is 0. The summed E-state index contributed by atoms with van der Waals surface area (Å²) in [5.74, 6) is 1.64. The lowest BCUT2D eigenvalue weighted by atomic mass is 9.47. The number of hydrogen-bond donors (Lipinski definition) is 2. The molecule has 0 radical (unpaired) electrons. The van der Waals surface area contributed by atoms with Crippen LogP contribution < -0.4 is 5.32 Å². The molecule has 3 fully saturated rings. The number of rotatable bonds is 13. The number of Topliss-reactive ketones (excluding diaryl/α,β-unsaturated/α-hetero) is 1. The largest absolute Gasteiger partial charge is 0.481 e. The number of amides is 1. The highest BCUT2D eigenvalue weighted by molar-refractivity contribution is 5.99. The Labute approximate surface area is 231 Å². The van der Waals surface area contributed by atoms with Crippen LogP contribution in [0.25, 0.3) is 0 Å². The van der Waals surface area contributed by atoms with Gasteiger partial charge in [0.05, 0.1) is 0 Å². The van der Waals surface area contributed by atoms with Crippen LogP contribution in [0.3, 0.4) is 0 Å². The Hall–Kier alpha value is -1.65. The standard InChI is InChI=1S/C33H53NO4/c1-22(9-7-10-23(2)30(36)26(31(37)38)12-8-20-34-21-35)27-15-16-28-25-14-13-24-11-5-6-18-32(24,3)29(25)17-19-33(27,28)4/h13,21-23,25-29H,5-12,14-20H2,1-4H3,(H,34,35)(H,37,38)/t22-,23?,25?,26?,27-,28?,29?,32+,33-/m1/s1. The molecule has 38 heavy (non-hydrogen) atoms. The van der Waals surface area contributed by atoms with Crippen LogP contribution in [0.1, 0.15) is 118 Å². The molecule has 2 N–H and O–H groups in total. The second-order valence-corrected chi connectivity index (χ2v) is 14.0. The van der Waals surface area contributed by atoms with Gasteiger partial charge in [-0.2, -0.15) is 0 Å². The van der Waals surface area contributed by atoms with Crippen molar-refractivity contribution in [2.24, 2.45) is 52.3 Å². The van der Waals surface area contributed by atoms with Crippen LogP contribution in [0, 0.1) is 52.3 Å². The number of carboxylic acids is 1. The van der Waals surface area contributed by atoms with Crippen molar-refractivity contribution < 1.29 is 19.5 Å². The molecule has 0 aromatic rings. The Morgan fingerprint density at radius 3 is 2.58 bits per heavy atom.